The third-order valence-electron chi connectivity index (χ3n) is 9.93. The van der Waals surface area contributed by atoms with Crippen LogP contribution in [0, 0.1) is 0 Å². The first-order chi connectivity index (χ1) is 22.0. The summed E-state index contributed by atoms with van der Waals surface area (Å²) in [5, 5.41) is 0. The summed E-state index contributed by atoms with van der Waals surface area (Å²) in [6.07, 6.45) is -1.41. The Labute approximate surface area is 274 Å². The van der Waals surface area contributed by atoms with E-state index in [2.05, 4.69) is 79.7 Å². The molecular formula is C42H46O4. The fourth-order valence-corrected chi connectivity index (χ4v) is 7.87. The lowest BCUT2D eigenvalue weighted by molar-refractivity contribution is -0.0563. The van der Waals surface area contributed by atoms with Gasteiger partial charge in [0.25, 0.3) is 0 Å². The number of carbonyl (C=O) groups excluding carboxylic acids is 2. The zero-order valence-corrected chi connectivity index (χ0v) is 28.3. The van der Waals surface area contributed by atoms with E-state index >= 15 is 0 Å². The van der Waals surface area contributed by atoms with Gasteiger partial charge in [-0.3, -0.25) is 0 Å². The molecule has 2 atom stereocenters. The first-order valence-corrected chi connectivity index (χ1v) is 16.9. The lowest BCUT2D eigenvalue weighted by atomic mass is 9.55. The fourth-order valence-electron chi connectivity index (χ4n) is 7.87. The van der Waals surface area contributed by atoms with Crippen molar-refractivity contribution in [3.8, 4) is 0 Å². The molecule has 0 spiro atoms. The molecule has 4 aromatic carbocycles. The molecule has 4 heteroatoms. The summed E-state index contributed by atoms with van der Waals surface area (Å²) in [5.74, 6) is -0.368. The van der Waals surface area contributed by atoms with E-state index in [4.69, 9.17) is 9.47 Å². The minimum Gasteiger partial charge on any atom is -0.454 e. The van der Waals surface area contributed by atoms with E-state index in [1.54, 1.807) is 24.3 Å². The third kappa shape index (κ3) is 5.36. The summed E-state index contributed by atoms with van der Waals surface area (Å²) < 4.78 is 13.3. The van der Waals surface area contributed by atoms with E-state index in [-0.39, 0.29) is 35.5 Å². The van der Waals surface area contributed by atoms with Crippen molar-refractivity contribution in [2.75, 3.05) is 0 Å². The maximum absolute atomic E-state index is 13.9. The highest BCUT2D eigenvalue weighted by Gasteiger charge is 2.57. The molecule has 0 radical (unpaired) electrons. The van der Waals surface area contributed by atoms with Gasteiger partial charge in [-0.1, -0.05) is 116 Å². The van der Waals surface area contributed by atoms with Crippen LogP contribution in [0.15, 0.2) is 84.9 Å². The maximum atomic E-state index is 13.9. The molecule has 4 nitrogen and oxygen atoms in total. The highest BCUT2D eigenvalue weighted by atomic mass is 16.6. The average molecular weight is 615 g/mol. The monoisotopic (exact) mass is 614 g/mol. The van der Waals surface area contributed by atoms with E-state index in [1.165, 1.54) is 44.5 Å². The Bertz CT molecular complexity index is 1550. The Morgan fingerprint density at radius 2 is 0.696 bits per heavy atom. The second-order valence-electron chi connectivity index (χ2n) is 14.2. The Morgan fingerprint density at radius 1 is 0.435 bits per heavy atom. The molecule has 0 aromatic heterocycles. The van der Waals surface area contributed by atoms with Crippen LogP contribution in [0.3, 0.4) is 0 Å². The van der Waals surface area contributed by atoms with Crippen molar-refractivity contribution in [3.63, 3.8) is 0 Å². The Hall–Kier alpha value is -4.18. The number of hydrogen-bond donors (Lipinski definition) is 0. The number of benzene rings is 4. The lowest BCUT2D eigenvalue weighted by Gasteiger charge is -2.52. The van der Waals surface area contributed by atoms with Crippen LogP contribution in [0.25, 0.3) is 0 Å². The number of hydrogen-bond acceptors (Lipinski definition) is 4. The summed E-state index contributed by atoms with van der Waals surface area (Å²) in [5.41, 5.74) is 11.0. The maximum Gasteiger partial charge on any atom is 0.338 e. The third-order valence-corrected chi connectivity index (χ3v) is 9.93. The van der Waals surface area contributed by atoms with E-state index in [1.807, 2.05) is 36.4 Å². The largest absolute Gasteiger partial charge is 0.454 e. The van der Waals surface area contributed by atoms with Gasteiger partial charge in [-0.15, -0.1) is 0 Å². The number of carbonyl (C=O) groups is 2. The first kappa shape index (κ1) is 31.8. The highest BCUT2D eigenvalue weighted by molar-refractivity contribution is 5.91. The van der Waals surface area contributed by atoms with E-state index in [0.717, 1.165) is 0 Å². The van der Waals surface area contributed by atoms with Gasteiger partial charge in [0.2, 0.25) is 0 Å². The molecular weight excluding hydrogens is 568 g/mol. The van der Waals surface area contributed by atoms with Gasteiger partial charge in [0.05, 0.1) is 23.0 Å². The van der Waals surface area contributed by atoms with Gasteiger partial charge in [-0.2, -0.15) is 0 Å². The SMILES string of the molecule is CC(C)c1ccc(C(C)C)c2c1C1c3c(C(C)C)ccc(C(C)C)c3C2C(OC(=O)c2ccccc2)C1OC(=O)c1ccccc1. The zero-order chi connectivity index (χ0) is 32.9. The molecule has 238 valence electrons. The molecule has 2 bridgehead atoms. The van der Waals surface area contributed by atoms with Crippen molar-refractivity contribution < 1.29 is 19.1 Å². The molecule has 0 saturated heterocycles. The second kappa shape index (κ2) is 12.5. The van der Waals surface area contributed by atoms with Gasteiger partial charge in [0.15, 0.2) is 12.2 Å². The molecule has 0 aliphatic heterocycles. The van der Waals surface area contributed by atoms with Crippen molar-refractivity contribution >= 4 is 11.9 Å². The molecule has 0 fully saturated rings. The quantitative estimate of drug-likeness (QED) is 0.185. The smallest absolute Gasteiger partial charge is 0.338 e. The number of fused-ring (bicyclic) bond motifs is 1. The van der Waals surface area contributed by atoms with Crippen molar-refractivity contribution in [2.24, 2.45) is 0 Å². The minimum atomic E-state index is -0.704. The fraction of sp³-hybridized carbons (Fsp3) is 0.381. The zero-order valence-electron chi connectivity index (χ0n) is 28.3. The van der Waals surface area contributed by atoms with Gasteiger partial charge in [-0.05, 0) is 92.4 Å². The van der Waals surface area contributed by atoms with Gasteiger partial charge >= 0.3 is 11.9 Å². The Kier molecular flexibility index (Phi) is 8.67. The van der Waals surface area contributed by atoms with Gasteiger partial charge < -0.3 is 9.47 Å². The number of esters is 2. The Balaban J connectivity index is 1.68. The van der Waals surface area contributed by atoms with Crippen LogP contribution in [0.4, 0.5) is 0 Å². The van der Waals surface area contributed by atoms with E-state index in [9.17, 15) is 9.59 Å². The first-order valence-electron chi connectivity index (χ1n) is 16.9. The normalized spacial score (nSPS) is 19.8. The molecule has 0 heterocycles. The van der Waals surface area contributed by atoms with Crippen LogP contribution in [0.5, 0.6) is 0 Å². The topological polar surface area (TPSA) is 52.6 Å². The van der Waals surface area contributed by atoms with Crippen molar-refractivity contribution in [2.45, 2.75) is 103 Å². The molecule has 0 amide bonds. The van der Waals surface area contributed by atoms with Gasteiger partial charge in [0.1, 0.15) is 0 Å². The molecule has 7 rings (SSSR count). The van der Waals surface area contributed by atoms with Crippen molar-refractivity contribution in [3.05, 3.63) is 141 Å². The van der Waals surface area contributed by atoms with Crippen molar-refractivity contribution in [1.29, 1.82) is 0 Å². The summed E-state index contributed by atoms with van der Waals surface area (Å²) in [6.45, 7) is 17.9. The van der Waals surface area contributed by atoms with Crippen LogP contribution >= 0.6 is 0 Å². The summed E-state index contributed by atoms with van der Waals surface area (Å²) in [7, 11) is 0. The molecule has 3 aliphatic rings. The summed E-state index contributed by atoms with van der Waals surface area (Å²) in [4.78, 5) is 27.9. The molecule has 4 aromatic rings. The van der Waals surface area contributed by atoms with Gasteiger partial charge in [-0.25, -0.2) is 9.59 Å². The van der Waals surface area contributed by atoms with Crippen LogP contribution in [-0.2, 0) is 9.47 Å². The summed E-state index contributed by atoms with van der Waals surface area (Å²) >= 11 is 0. The van der Waals surface area contributed by atoms with E-state index in [0.29, 0.717) is 11.1 Å². The highest BCUT2D eigenvalue weighted by Crippen LogP contribution is 2.61. The second-order valence-corrected chi connectivity index (χ2v) is 14.2. The molecule has 0 saturated carbocycles. The van der Waals surface area contributed by atoms with Crippen LogP contribution in [0.1, 0.15) is 156 Å². The molecule has 2 unspecified atom stereocenters. The minimum absolute atomic E-state index is 0.254. The molecule has 46 heavy (non-hydrogen) atoms. The number of ether oxygens (including phenoxy) is 2. The van der Waals surface area contributed by atoms with Crippen molar-refractivity contribution in [1.82, 2.24) is 0 Å². The molecule has 0 N–H and O–H groups in total. The average Bonchev–Trinajstić information content (AvgIpc) is 3.04. The predicted molar refractivity (Wildman–Crippen MR) is 184 cm³/mol. The standard InChI is InChI=1S/C42H46O4/c1-23(2)29-19-20-30(24(3)4)34-33(29)37-35-31(25(5)6)21-22-32(26(7)8)36(35)38(34)40(46-42(44)28-17-13-10-14-18-28)39(37)45-41(43)27-15-11-9-12-16-27/h9-26,37-40H,1-8H3. The Morgan fingerprint density at radius 3 is 0.935 bits per heavy atom. The van der Waals surface area contributed by atoms with E-state index < -0.39 is 24.1 Å². The summed E-state index contributed by atoms with van der Waals surface area (Å²) in [6, 6.07) is 27.4. The van der Waals surface area contributed by atoms with Crippen LogP contribution in [0.2, 0.25) is 0 Å². The predicted octanol–water partition coefficient (Wildman–Crippen LogP) is 10.2. The number of rotatable bonds is 8. The molecule has 3 aliphatic carbocycles. The van der Waals surface area contributed by atoms with Gasteiger partial charge in [0, 0.05) is 0 Å². The van der Waals surface area contributed by atoms with Crippen LogP contribution < -0.4 is 0 Å². The lowest BCUT2D eigenvalue weighted by Crippen LogP contribution is -2.53. The van der Waals surface area contributed by atoms with Crippen LogP contribution in [-0.4, -0.2) is 24.1 Å².